The predicted octanol–water partition coefficient (Wildman–Crippen LogP) is 0.758. The summed E-state index contributed by atoms with van der Waals surface area (Å²) in [5.41, 5.74) is 0.581. The average Bonchev–Trinajstić information content (AvgIpc) is 2.36. The number of carboxylic acid groups (broad SMARTS) is 1. The van der Waals surface area contributed by atoms with E-state index in [-0.39, 0.29) is 17.2 Å². The number of rotatable bonds is 5. The number of aromatic carboxylic acids is 1. The van der Waals surface area contributed by atoms with Crippen LogP contribution in [0.5, 0.6) is 0 Å². The van der Waals surface area contributed by atoms with Crippen LogP contribution in [0.4, 0.5) is 5.69 Å². The number of carbonyl (C=O) groups excluding carboxylic acids is 2. The third-order valence-electron chi connectivity index (χ3n) is 2.28. The molecule has 2 amide bonds. The van der Waals surface area contributed by atoms with Gasteiger partial charge in [0.25, 0.3) is 0 Å². The maximum Gasteiger partial charge on any atom is 0.335 e. The molecule has 3 N–H and O–H groups in total. The van der Waals surface area contributed by atoms with E-state index in [4.69, 9.17) is 5.11 Å². The van der Waals surface area contributed by atoms with Crippen molar-refractivity contribution in [2.24, 2.45) is 0 Å². The molecule has 0 aliphatic heterocycles. The fourth-order valence-electron chi connectivity index (χ4n) is 1.36. The second-order valence-electron chi connectivity index (χ2n) is 3.81. The highest BCUT2D eigenvalue weighted by Crippen LogP contribution is 2.10. The van der Waals surface area contributed by atoms with Crippen molar-refractivity contribution in [3.05, 3.63) is 29.8 Å². The van der Waals surface area contributed by atoms with Crippen molar-refractivity contribution in [3.63, 3.8) is 0 Å². The van der Waals surface area contributed by atoms with Gasteiger partial charge in [0, 0.05) is 18.4 Å². The van der Waals surface area contributed by atoms with E-state index in [2.05, 4.69) is 23.3 Å². The minimum Gasteiger partial charge on any atom is -0.478 e. The number of carboxylic acids is 1. The summed E-state index contributed by atoms with van der Waals surface area (Å²) in [5.74, 6) is -1.61. The highest BCUT2D eigenvalue weighted by molar-refractivity contribution is 7.80. The first-order chi connectivity index (χ1) is 8.93. The van der Waals surface area contributed by atoms with E-state index in [1.807, 2.05) is 0 Å². The van der Waals surface area contributed by atoms with Crippen molar-refractivity contribution in [3.8, 4) is 0 Å². The van der Waals surface area contributed by atoms with Gasteiger partial charge in [-0.3, -0.25) is 9.59 Å². The smallest absolute Gasteiger partial charge is 0.335 e. The Labute approximate surface area is 115 Å². The fraction of sp³-hybridized carbons (Fsp3) is 0.250. The molecular formula is C12H14N2O4S. The first-order valence-corrected chi connectivity index (χ1v) is 6.09. The van der Waals surface area contributed by atoms with Gasteiger partial charge in [0.05, 0.1) is 5.56 Å². The van der Waals surface area contributed by atoms with Crippen molar-refractivity contribution in [2.45, 2.75) is 13.0 Å². The molecule has 6 nitrogen and oxygen atoms in total. The lowest BCUT2D eigenvalue weighted by Crippen LogP contribution is -2.44. The van der Waals surface area contributed by atoms with Gasteiger partial charge in [0.15, 0.2) is 0 Å². The van der Waals surface area contributed by atoms with Crippen LogP contribution in [0.15, 0.2) is 24.3 Å². The van der Waals surface area contributed by atoms with Crippen LogP contribution in [0.1, 0.15) is 17.3 Å². The fourth-order valence-corrected chi connectivity index (χ4v) is 1.62. The Morgan fingerprint density at radius 2 is 1.84 bits per heavy atom. The molecular weight excluding hydrogens is 268 g/mol. The SMILES string of the molecule is CC(=O)N[C@@H](CS)C(=O)Nc1ccc(C(=O)O)cc1. The topological polar surface area (TPSA) is 95.5 Å². The molecule has 19 heavy (non-hydrogen) atoms. The summed E-state index contributed by atoms with van der Waals surface area (Å²) in [6.45, 7) is 1.31. The number of nitrogens with one attached hydrogen (secondary N) is 2. The summed E-state index contributed by atoms with van der Waals surface area (Å²) < 4.78 is 0. The molecule has 0 fully saturated rings. The lowest BCUT2D eigenvalue weighted by Gasteiger charge is -2.15. The number of thiol groups is 1. The van der Waals surface area contributed by atoms with Gasteiger partial charge in [0.1, 0.15) is 6.04 Å². The Kier molecular flexibility index (Phi) is 5.37. The minimum atomic E-state index is -1.04. The quantitative estimate of drug-likeness (QED) is 0.600. The zero-order chi connectivity index (χ0) is 14.4. The molecule has 102 valence electrons. The van der Waals surface area contributed by atoms with Gasteiger partial charge in [-0.1, -0.05) is 0 Å². The standard InChI is InChI=1S/C12H14N2O4S/c1-7(15)13-10(6-19)11(16)14-9-4-2-8(3-5-9)12(17)18/h2-5,10,19H,6H2,1H3,(H,13,15)(H,14,16)(H,17,18)/t10-/m0/s1. The summed E-state index contributed by atoms with van der Waals surface area (Å²) in [4.78, 5) is 33.4. The van der Waals surface area contributed by atoms with Gasteiger partial charge < -0.3 is 15.7 Å². The Balaban J connectivity index is 2.70. The Hall–Kier alpha value is -2.02. The Morgan fingerprint density at radius 3 is 2.26 bits per heavy atom. The van der Waals surface area contributed by atoms with Crippen LogP contribution in [-0.4, -0.2) is 34.7 Å². The number of carbonyl (C=O) groups is 3. The highest BCUT2D eigenvalue weighted by atomic mass is 32.1. The van der Waals surface area contributed by atoms with Crippen LogP contribution in [0.2, 0.25) is 0 Å². The largest absolute Gasteiger partial charge is 0.478 e. The van der Waals surface area contributed by atoms with Crippen molar-refractivity contribution in [1.29, 1.82) is 0 Å². The van der Waals surface area contributed by atoms with Gasteiger partial charge in [-0.25, -0.2) is 4.79 Å². The van der Waals surface area contributed by atoms with Crippen LogP contribution in [-0.2, 0) is 9.59 Å². The molecule has 0 saturated carbocycles. The molecule has 1 aromatic rings. The van der Waals surface area contributed by atoms with Gasteiger partial charge in [0.2, 0.25) is 11.8 Å². The number of amides is 2. The third-order valence-corrected chi connectivity index (χ3v) is 2.64. The van der Waals surface area contributed by atoms with E-state index in [9.17, 15) is 14.4 Å². The molecule has 0 spiro atoms. The van der Waals surface area contributed by atoms with Crippen molar-refractivity contribution in [1.82, 2.24) is 5.32 Å². The average molecular weight is 282 g/mol. The molecule has 1 atom stereocenters. The first-order valence-electron chi connectivity index (χ1n) is 5.46. The van der Waals surface area contributed by atoms with E-state index in [0.29, 0.717) is 5.69 Å². The number of anilines is 1. The number of hydrogen-bond acceptors (Lipinski definition) is 4. The Bertz CT molecular complexity index is 487. The van der Waals surface area contributed by atoms with Gasteiger partial charge in [-0.15, -0.1) is 0 Å². The molecule has 0 heterocycles. The molecule has 0 unspecified atom stereocenters. The van der Waals surface area contributed by atoms with E-state index in [1.54, 1.807) is 0 Å². The van der Waals surface area contributed by atoms with E-state index in [1.165, 1.54) is 31.2 Å². The van der Waals surface area contributed by atoms with E-state index in [0.717, 1.165) is 0 Å². The van der Waals surface area contributed by atoms with Crippen molar-refractivity contribution in [2.75, 3.05) is 11.1 Å². The summed E-state index contributed by atoms with van der Waals surface area (Å²) in [6, 6.07) is 4.98. The normalized spacial score (nSPS) is 11.5. The third kappa shape index (κ3) is 4.63. The van der Waals surface area contributed by atoms with E-state index >= 15 is 0 Å². The van der Waals surface area contributed by atoms with Crippen molar-refractivity contribution >= 4 is 36.1 Å². The molecule has 0 saturated heterocycles. The monoisotopic (exact) mass is 282 g/mol. The molecule has 0 radical (unpaired) electrons. The number of hydrogen-bond donors (Lipinski definition) is 4. The second kappa shape index (κ2) is 6.79. The summed E-state index contributed by atoms with van der Waals surface area (Å²) >= 11 is 3.99. The first kappa shape index (κ1) is 15.0. The van der Waals surface area contributed by atoms with Gasteiger partial charge in [-0.05, 0) is 24.3 Å². The number of benzene rings is 1. The van der Waals surface area contributed by atoms with Crippen LogP contribution < -0.4 is 10.6 Å². The molecule has 0 aromatic heterocycles. The Morgan fingerprint density at radius 1 is 1.26 bits per heavy atom. The van der Waals surface area contributed by atoms with Crippen LogP contribution in [0.25, 0.3) is 0 Å². The van der Waals surface area contributed by atoms with E-state index < -0.39 is 17.9 Å². The lowest BCUT2D eigenvalue weighted by molar-refractivity contribution is -0.124. The molecule has 0 bridgehead atoms. The lowest BCUT2D eigenvalue weighted by atomic mass is 10.2. The van der Waals surface area contributed by atoms with Crippen LogP contribution in [0, 0.1) is 0 Å². The summed E-state index contributed by atoms with van der Waals surface area (Å²) in [5, 5.41) is 13.8. The van der Waals surface area contributed by atoms with Gasteiger partial charge in [-0.2, -0.15) is 12.6 Å². The summed E-state index contributed by atoms with van der Waals surface area (Å²) in [6.07, 6.45) is 0. The molecule has 1 rings (SSSR count). The molecule has 0 aliphatic carbocycles. The zero-order valence-electron chi connectivity index (χ0n) is 10.2. The van der Waals surface area contributed by atoms with Crippen LogP contribution >= 0.6 is 12.6 Å². The molecule has 1 aromatic carbocycles. The minimum absolute atomic E-state index is 0.130. The summed E-state index contributed by atoms with van der Waals surface area (Å²) in [7, 11) is 0. The molecule has 7 heteroatoms. The van der Waals surface area contributed by atoms with Gasteiger partial charge >= 0.3 is 5.97 Å². The maximum absolute atomic E-state index is 11.8. The predicted molar refractivity (Wildman–Crippen MR) is 73.5 cm³/mol. The second-order valence-corrected chi connectivity index (χ2v) is 4.17. The maximum atomic E-state index is 11.8. The van der Waals surface area contributed by atoms with Crippen LogP contribution in [0.3, 0.4) is 0 Å². The van der Waals surface area contributed by atoms with Crippen molar-refractivity contribution < 1.29 is 19.5 Å². The zero-order valence-corrected chi connectivity index (χ0v) is 11.1. The molecule has 0 aliphatic rings. The highest BCUT2D eigenvalue weighted by Gasteiger charge is 2.17.